The SMILES string of the molecule is CC(C)n1nc(-c2ccc(CC(=O)Nc3onc(C4CC(C)(C)C4)c3F)cc2)c(C(N)=O)c1NC(=O)OC(C)(C)C. The molecule has 41 heavy (non-hydrogen) atoms. The standard InChI is InChI=1S/C29H37FN6O5/c1-15(2)36-25(33-27(39)40-28(3,4)5)20(24(31)38)22(34-36)17-10-8-16(9-11-17)12-19(37)32-26-21(30)23(35-41-26)18-13-29(6,7)14-18/h8-11,15,18H,12-14H2,1-7H3,(H2,31,38)(H,32,37)(H,33,39). The molecule has 4 N–H and O–H groups in total. The van der Waals surface area contributed by atoms with E-state index in [1.807, 2.05) is 13.8 Å². The maximum absolute atomic E-state index is 14.8. The summed E-state index contributed by atoms with van der Waals surface area (Å²) in [5.74, 6) is -2.07. The van der Waals surface area contributed by atoms with Crippen LogP contribution < -0.4 is 16.4 Å². The van der Waals surface area contributed by atoms with Crippen LogP contribution in [0.15, 0.2) is 28.8 Å². The molecule has 0 unspecified atom stereocenters. The Labute approximate surface area is 238 Å². The first-order chi connectivity index (χ1) is 19.0. The van der Waals surface area contributed by atoms with Crippen LogP contribution in [0.5, 0.6) is 0 Å². The van der Waals surface area contributed by atoms with E-state index in [1.54, 1.807) is 45.0 Å². The van der Waals surface area contributed by atoms with Crippen molar-refractivity contribution >= 4 is 29.6 Å². The number of rotatable bonds is 8. The van der Waals surface area contributed by atoms with Gasteiger partial charge in [0.1, 0.15) is 28.4 Å². The van der Waals surface area contributed by atoms with Crippen molar-refractivity contribution in [2.45, 2.75) is 85.3 Å². The summed E-state index contributed by atoms with van der Waals surface area (Å²) < 4.78 is 26.7. The van der Waals surface area contributed by atoms with E-state index in [0.29, 0.717) is 11.1 Å². The molecule has 4 rings (SSSR count). The lowest BCUT2D eigenvalue weighted by Crippen LogP contribution is -2.30. The number of halogens is 1. The average molecular weight is 569 g/mol. The zero-order chi connectivity index (χ0) is 30.3. The number of benzene rings is 1. The summed E-state index contributed by atoms with van der Waals surface area (Å²) >= 11 is 0. The number of carbonyl (C=O) groups is 3. The number of nitrogens with zero attached hydrogens (tertiary/aromatic N) is 3. The fourth-order valence-electron chi connectivity index (χ4n) is 4.99. The number of ether oxygens (including phenoxy) is 1. The van der Waals surface area contributed by atoms with Gasteiger partial charge in [0.2, 0.25) is 11.7 Å². The molecular weight excluding hydrogens is 531 g/mol. The van der Waals surface area contributed by atoms with Crippen molar-refractivity contribution in [3.8, 4) is 11.3 Å². The van der Waals surface area contributed by atoms with Gasteiger partial charge in [-0.1, -0.05) is 43.3 Å². The Bertz CT molecular complexity index is 1460. The van der Waals surface area contributed by atoms with Crippen LogP contribution >= 0.6 is 0 Å². The van der Waals surface area contributed by atoms with E-state index in [-0.39, 0.29) is 52.4 Å². The van der Waals surface area contributed by atoms with Crippen molar-refractivity contribution in [3.63, 3.8) is 0 Å². The Hall–Kier alpha value is -4.22. The predicted molar refractivity (Wildman–Crippen MR) is 151 cm³/mol. The normalized spacial score (nSPS) is 15.0. The average Bonchev–Trinajstić information content (AvgIpc) is 3.37. The monoisotopic (exact) mass is 568 g/mol. The van der Waals surface area contributed by atoms with Gasteiger partial charge in [-0.25, -0.2) is 9.48 Å². The fourth-order valence-corrected chi connectivity index (χ4v) is 4.99. The number of hydrogen-bond acceptors (Lipinski definition) is 7. The highest BCUT2D eigenvalue weighted by Crippen LogP contribution is 2.51. The first-order valence-corrected chi connectivity index (χ1v) is 13.5. The van der Waals surface area contributed by atoms with Gasteiger partial charge < -0.3 is 15.0 Å². The number of nitrogens with two attached hydrogens (primary N) is 1. The van der Waals surface area contributed by atoms with E-state index < -0.39 is 29.3 Å². The third-order valence-corrected chi connectivity index (χ3v) is 6.75. The zero-order valence-electron chi connectivity index (χ0n) is 24.4. The maximum Gasteiger partial charge on any atom is 0.413 e. The van der Waals surface area contributed by atoms with Crippen molar-refractivity contribution < 1.29 is 28.0 Å². The quantitative estimate of drug-likeness (QED) is 0.311. The number of amides is 3. The van der Waals surface area contributed by atoms with Gasteiger partial charge in [0, 0.05) is 17.5 Å². The van der Waals surface area contributed by atoms with E-state index in [1.165, 1.54) is 4.68 Å². The molecule has 1 fully saturated rings. The van der Waals surface area contributed by atoms with Gasteiger partial charge >= 0.3 is 6.09 Å². The summed E-state index contributed by atoms with van der Waals surface area (Å²) in [6.45, 7) is 13.1. The lowest BCUT2D eigenvalue weighted by atomic mass is 9.63. The minimum atomic E-state index is -0.777. The van der Waals surface area contributed by atoms with Gasteiger partial charge in [0.25, 0.3) is 11.8 Å². The Morgan fingerprint density at radius 1 is 1.17 bits per heavy atom. The molecule has 3 aromatic rings. The Kier molecular flexibility index (Phi) is 7.97. The first-order valence-electron chi connectivity index (χ1n) is 13.5. The largest absolute Gasteiger partial charge is 0.444 e. The van der Waals surface area contributed by atoms with Crippen LogP contribution in [0.25, 0.3) is 11.3 Å². The van der Waals surface area contributed by atoms with Crippen LogP contribution in [-0.4, -0.2) is 38.4 Å². The molecule has 0 spiro atoms. The smallest absolute Gasteiger partial charge is 0.413 e. The second-order valence-corrected chi connectivity index (χ2v) is 12.5. The lowest BCUT2D eigenvalue weighted by molar-refractivity contribution is -0.115. The molecule has 0 bridgehead atoms. The summed E-state index contributed by atoms with van der Waals surface area (Å²) in [6, 6.07) is 6.53. The summed E-state index contributed by atoms with van der Waals surface area (Å²) in [5.41, 5.74) is 6.83. The number of primary amides is 1. The van der Waals surface area contributed by atoms with E-state index in [0.717, 1.165) is 12.8 Å². The molecule has 1 saturated carbocycles. The van der Waals surface area contributed by atoms with E-state index in [9.17, 15) is 18.8 Å². The molecule has 11 nitrogen and oxygen atoms in total. The van der Waals surface area contributed by atoms with Crippen LogP contribution in [-0.2, 0) is 16.0 Å². The van der Waals surface area contributed by atoms with Crippen LogP contribution in [0, 0.1) is 11.2 Å². The summed E-state index contributed by atoms with van der Waals surface area (Å²) in [5, 5.41) is 13.5. The molecule has 3 amide bonds. The highest BCUT2D eigenvalue weighted by atomic mass is 19.1. The van der Waals surface area contributed by atoms with Gasteiger partial charge in [-0.05, 0) is 58.4 Å². The minimum absolute atomic E-state index is 0.0173. The van der Waals surface area contributed by atoms with Gasteiger partial charge in [0.15, 0.2) is 0 Å². The molecule has 0 saturated heterocycles. The Balaban J connectivity index is 1.50. The Morgan fingerprint density at radius 2 is 1.80 bits per heavy atom. The number of hydrogen-bond donors (Lipinski definition) is 3. The van der Waals surface area contributed by atoms with Crippen LogP contribution in [0.4, 0.5) is 20.9 Å². The van der Waals surface area contributed by atoms with E-state index in [4.69, 9.17) is 15.0 Å². The number of aromatic nitrogens is 3. The molecule has 2 heterocycles. The van der Waals surface area contributed by atoms with E-state index in [2.05, 4.69) is 34.7 Å². The fraction of sp³-hybridized carbons (Fsp3) is 0.483. The van der Waals surface area contributed by atoms with Crippen molar-refractivity contribution in [2.75, 3.05) is 10.6 Å². The third kappa shape index (κ3) is 6.75. The molecule has 1 aromatic carbocycles. The predicted octanol–water partition coefficient (Wildman–Crippen LogP) is 5.79. The molecule has 0 radical (unpaired) electrons. The number of carbonyl (C=O) groups excluding carboxylic acids is 3. The molecule has 0 aliphatic heterocycles. The molecule has 1 aliphatic carbocycles. The lowest BCUT2D eigenvalue weighted by Gasteiger charge is -2.41. The summed E-state index contributed by atoms with van der Waals surface area (Å²) in [7, 11) is 0. The Morgan fingerprint density at radius 3 is 2.34 bits per heavy atom. The van der Waals surface area contributed by atoms with Crippen LogP contribution in [0.3, 0.4) is 0 Å². The highest BCUT2D eigenvalue weighted by molar-refractivity contribution is 6.06. The zero-order valence-corrected chi connectivity index (χ0v) is 24.4. The topological polar surface area (TPSA) is 154 Å². The summed E-state index contributed by atoms with van der Waals surface area (Å²) in [4.78, 5) is 37.6. The second-order valence-electron chi connectivity index (χ2n) is 12.5. The van der Waals surface area contributed by atoms with Gasteiger partial charge in [-0.2, -0.15) is 9.49 Å². The molecule has 2 aromatic heterocycles. The van der Waals surface area contributed by atoms with Crippen LogP contribution in [0.1, 0.15) is 94.9 Å². The van der Waals surface area contributed by atoms with Crippen LogP contribution in [0.2, 0.25) is 0 Å². The van der Waals surface area contributed by atoms with Crippen molar-refractivity contribution in [1.29, 1.82) is 0 Å². The maximum atomic E-state index is 14.8. The highest BCUT2D eigenvalue weighted by Gasteiger charge is 2.41. The van der Waals surface area contributed by atoms with Crippen molar-refractivity contribution in [3.05, 3.63) is 46.9 Å². The second kappa shape index (κ2) is 11.0. The minimum Gasteiger partial charge on any atom is -0.444 e. The van der Waals surface area contributed by atoms with Gasteiger partial charge in [0.05, 0.1) is 6.42 Å². The molecule has 0 atom stereocenters. The molecule has 1 aliphatic rings. The molecule has 220 valence electrons. The molecular formula is C29H37FN6O5. The van der Waals surface area contributed by atoms with E-state index >= 15 is 0 Å². The summed E-state index contributed by atoms with van der Waals surface area (Å²) in [6.07, 6.45) is 0.811. The molecule has 12 heteroatoms. The third-order valence-electron chi connectivity index (χ3n) is 6.75. The van der Waals surface area contributed by atoms with Crippen molar-refractivity contribution in [2.24, 2.45) is 11.1 Å². The van der Waals surface area contributed by atoms with Gasteiger partial charge in [-0.3, -0.25) is 20.2 Å². The van der Waals surface area contributed by atoms with Gasteiger partial charge in [-0.15, -0.1) is 0 Å². The number of anilines is 2. The van der Waals surface area contributed by atoms with Crippen molar-refractivity contribution in [1.82, 2.24) is 14.9 Å². The first kappa shape index (κ1) is 29.8. The number of nitrogens with one attached hydrogen (secondary N) is 2.